The summed E-state index contributed by atoms with van der Waals surface area (Å²) >= 11 is 0. The van der Waals surface area contributed by atoms with Crippen LogP contribution in [0.2, 0.25) is 0 Å². The molecule has 1 aliphatic carbocycles. The molecule has 7 heteroatoms. The summed E-state index contributed by atoms with van der Waals surface area (Å²) in [5.41, 5.74) is 9.89. The number of hydrogen-bond donors (Lipinski definition) is 1. The van der Waals surface area contributed by atoms with Crippen LogP contribution in [0, 0.1) is 5.82 Å². The summed E-state index contributed by atoms with van der Waals surface area (Å²) in [5, 5.41) is 4.36. The van der Waals surface area contributed by atoms with Crippen LogP contribution in [0.25, 0.3) is 5.69 Å². The summed E-state index contributed by atoms with van der Waals surface area (Å²) < 4.78 is 15.6. The Balaban J connectivity index is 1.35. The van der Waals surface area contributed by atoms with Crippen molar-refractivity contribution in [1.29, 1.82) is 0 Å². The van der Waals surface area contributed by atoms with Gasteiger partial charge in [0.1, 0.15) is 11.5 Å². The molecule has 5 rings (SSSR count). The number of fused-ring (bicyclic) bond motifs is 2. The molecule has 2 N–H and O–H groups in total. The highest BCUT2D eigenvalue weighted by Crippen LogP contribution is 2.44. The second-order valence-corrected chi connectivity index (χ2v) is 7.94. The summed E-state index contributed by atoms with van der Waals surface area (Å²) in [6.07, 6.45) is 10.0. The molecule has 1 fully saturated rings. The quantitative estimate of drug-likeness (QED) is 0.759. The highest BCUT2D eigenvalue weighted by molar-refractivity contribution is 5.37. The maximum absolute atomic E-state index is 14.0. The summed E-state index contributed by atoms with van der Waals surface area (Å²) in [5.74, 6) is 0.0947. The lowest BCUT2D eigenvalue weighted by molar-refractivity contribution is 0.137. The van der Waals surface area contributed by atoms with Crippen LogP contribution < -0.4 is 5.73 Å². The number of anilines is 1. The highest BCUT2D eigenvalue weighted by Gasteiger charge is 2.43. The van der Waals surface area contributed by atoms with Crippen molar-refractivity contribution in [2.24, 2.45) is 0 Å². The minimum atomic E-state index is -0.270. The number of nitrogen functional groups attached to an aromatic ring is 1. The number of likely N-dealkylation sites (tertiary alicyclic amines) is 1. The van der Waals surface area contributed by atoms with Crippen molar-refractivity contribution in [2.75, 3.05) is 18.8 Å². The van der Waals surface area contributed by atoms with Gasteiger partial charge < -0.3 is 5.73 Å². The third kappa shape index (κ3) is 2.96. The molecule has 2 aliphatic rings. The maximum atomic E-state index is 14.0. The van der Waals surface area contributed by atoms with E-state index in [9.17, 15) is 4.39 Å². The number of hydrogen-bond acceptors (Lipinski definition) is 5. The first-order valence-electron chi connectivity index (χ1n) is 9.76. The maximum Gasteiger partial charge on any atom is 0.220 e. The molecule has 1 atom stereocenters. The van der Waals surface area contributed by atoms with Crippen LogP contribution in [0.1, 0.15) is 36.1 Å². The molecule has 6 nitrogen and oxygen atoms in total. The number of rotatable bonds is 3. The van der Waals surface area contributed by atoms with Crippen LogP contribution in [-0.4, -0.2) is 37.7 Å². The van der Waals surface area contributed by atoms with Gasteiger partial charge >= 0.3 is 0 Å². The van der Waals surface area contributed by atoms with Gasteiger partial charge in [0.25, 0.3) is 0 Å². The zero-order valence-corrected chi connectivity index (χ0v) is 15.7. The second kappa shape index (κ2) is 6.67. The number of nitrogens with two attached hydrogens (primary N) is 1. The van der Waals surface area contributed by atoms with E-state index in [0.717, 1.165) is 56.6 Å². The van der Waals surface area contributed by atoms with E-state index >= 15 is 0 Å². The number of nitrogens with zero attached hydrogens (tertiary/aromatic N) is 5. The van der Waals surface area contributed by atoms with Gasteiger partial charge in [-0.05, 0) is 49.9 Å². The molecule has 3 heterocycles. The summed E-state index contributed by atoms with van der Waals surface area (Å²) in [7, 11) is 0. The first kappa shape index (κ1) is 17.3. The molecule has 3 aromatic rings. The van der Waals surface area contributed by atoms with E-state index in [1.54, 1.807) is 16.8 Å². The van der Waals surface area contributed by atoms with Crippen LogP contribution >= 0.6 is 0 Å². The molecule has 0 amide bonds. The Morgan fingerprint density at radius 2 is 2.07 bits per heavy atom. The van der Waals surface area contributed by atoms with E-state index < -0.39 is 0 Å². The third-order valence-electron chi connectivity index (χ3n) is 6.06. The Morgan fingerprint density at radius 3 is 2.96 bits per heavy atom. The van der Waals surface area contributed by atoms with Crippen molar-refractivity contribution < 1.29 is 4.39 Å². The number of aryl methyl sites for hydroxylation is 1. The Labute approximate surface area is 163 Å². The van der Waals surface area contributed by atoms with Crippen LogP contribution in [0.4, 0.5) is 10.3 Å². The number of para-hydroxylation sites is 1. The van der Waals surface area contributed by atoms with E-state index in [-0.39, 0.29) is 11.2 Å². The predicted molar refractivity (Wildman–Crippen MR) is 104 cm³/mol. The van der Waals surface area contributed by atoms with E-state index in [1.165, 1.54) is 11.6 Å². The zero-order chi connectivity index (χ0) is 19.1. The van der Waals surface area contributed by atoms with Crippen molar-refractivity contribution in [2.45, 2.75) is 37.6 Å². The van der Waals surface area contributed by atoms with E-state index in [1.807, 2.05) is 24.7 Å². The standard InChI is InChI=1S/C21H23FN6/c22-17-4-1-2-5-18(17)28-13-15(10-25-28)12-27-9-3-7-21(14-27)8-6-16-11-24-20(23)26-19(16)21/h1-2,4-5,10-11,13H,3,6-9,12,14H2,(H2,23,24,26). The molecule has 0 radical (unpaired) electrons. The first-order valence-corrected chi connectivity index (χ1v) is 9.76. The molecule has 1 aromatic carbocycles. The van der Waals surface area contributed by atoms with Gasteiger partial charge in [0.2, 0.25) is 5.95 Å². The number of aromatic nitrogens is 4. The highest BCUT2D eigenvalue weighted by atomic mass is 19.1. The fourth-order valence-electron chi connectivity index (χ4n) is 4.78. The molecule has 28 heavy (non-hydrogen) atoms. The third-order valence-corrected chi connectivity index (χ3v) is 6.06. The van der Waals surface area contributed by atoms with E-state index in [0.29, 0.717) is 11.6 Å². The monoisotopic (exact) mass is 378 g/mol. The van der Waals surface area contributed by atoms with Gasteiger partial charge in [-0.2, -0.15) is 5.10 Å². The van der Waals surface area contributed by atoms with Gasteiger partial charge in [-0.25, -0.2) is 19.0 Å². The minimum absolute atomic E-state index is 0.0756. The van der Waals surface area contributed by atoms with Gasteiger partial charge in [-0.15, -0.1) is 0 Å². The molecule has 1 saturated heterocycles. The molecule has 0 saturated carbocycles. The van der Waals surface area contributed by atoms with E-state index in [2.05, 4.69) is 20.0 Å². The van der Waals surface area contributed by atoms with Crippen molar-refractivity contribution in [3.63, 3.8) is 0 Å². The number of halogens is 1. The van der Waals surface area contributed by atoms with Crippen molar-refractivity contribution >= 4 is 5.95 Å². The first-order chi connectivity index (χ1) is 13.6. The molecule has 1 unspecified atom stereocenters. The SMILES string of the molecule is Nc1ncc2c(n1)C1(CCCN(Cc3cnn(-c4ccccc4F)c3)C1)CC2. The van der Waals surface area contributed by atoms with Crippen LogP contribution in [0.3, 0.4) is 0 Å². The fourth-order valence-corrected chi connectivity index (χ4v) is 4.78. The largest absolute Gasteiger partial charge is 0.368 e. The van der Waals surface area contributed by atoms with Gasteiger partial charge in [0, 0.05) is 36.5 Å². The van der Waals surface area contributed by atoms with Crippen LogP contribution in [-0.2, 0) is 18.4 Å². The molecular formula is C21H23FN6. The Hall–Kier alpha value is -2.80. The lowest BCUT2D eigenvalue weighted by Gasteiger charge is -2.40. The van der Waals surface area contributed by atoms with E-state index in [4.69, 9.17) is 5.73 Å². The zero-order valence-electron chi connectivity index (χ0n) is 15.7. The van der Waals surface area contributed by atoms with Gasteiger partial charge in [0.05, 0.1) is 11.9 Å². The fraction of sp³-hybridized carbons (Fsp3) is 0.381. The lowest BCUT2D eigenvalue weighted by Crippen LogP contribution is -2.45. The van der Waals surface area contributed by atoms with Gasteiger partial charge in [-0.1, -0.05) is 12.1 Å². The minimum Gasteiger partial charge on any atom is -0.368 e. The topological polar surface area (TPSA) is 72.9 Å². The lowest BCUT2D eigenvalue weighted by atomic mass is 9.77. The Bertz CT molecular complexity index is 1010. The van der Waals surface area contributed by atoms with Crippen LogP contribution in [0.5, 0.6) is 0 Å². The molecule has 144 valence electrons. The average Bonchev–Trinajstić information content (AvgIpc) is 3.28. The summed E-state index contributed by atoms with van der Waals surface area (Å²) in [4.78, 5) is 11.2. The molecule has 0 bridgehead atoms. The molecule has 2 aromatic heterocycles. The number of piperidine rings is 1. The second-order valence-electron chi connectivity index (χ2n) is 7.94. The Kier molecular flexibility index (Phi) is 4.12. The van der Waals surface area contributed by atoms with Crippen molar-refractivity contribution in [3.05, 3.63) is 65.5 Å². The smallest absolute Gasteiger partial charge is 0.220 e. The average molecular weight is 378 g/mol. The summed E-state index contributed by atoms with van der Waals surface area (Å²) in [6.45, 7) is 2.80. The predicted octanol–water partition coefficient (Wildman–Crippen LogP) is 2.86. The van der Waals surface area contributed by atoms with Crippen molar-refractivity contribution in [3.8, 4) is 5.69 Å². The molecular weight excluding hydrogens is 355 g/mol. The normalized spacial score (nSPS) is 21.9. The molecule has 1 aliphatic heterocycles. The Morgan fingerprint density at radius 1 is 1.18 bits per heavy atom. The number of benzene rings is 1. The molecule has 1 spiro atoms. The van der Waals surface area contributed by atoms with Gasteiger partial charge in [-0.3, -0.25) is 4.90 Å². The van der Waals surface area contributed by atoms with Gasteiger partial charge in [0.15, 0.2) is 0 Å². The van der Waals surface area contributed by atoms with Crippen molar-refractivity contribution in [1.82, 2.24) is 24.6 Å². The summed E-state index contributed by atoms with van der Waals surface area (Å²) in [6, 6.07) is 6.70. The van der Waals surface area contributed by atoms with Crippen LogP contribution in [0.15, 0.2) is 42.9 Å².